The molecule has 2 aromatic rings. The first-order valence-electron chi connectivity index (χ1n) is 10.2. The highest BCUT2D eigenvalue weighted by Crippen LogP contribution is 2.21. The number of benzene rings is 2. The Morgan fingerprint density at radius 1 is 1.06 bits per heavy atom. The van der Waals surface area contributed by atoms with Gasteiger partial charge in [-0.1, -0.05) is 60.7 Å². The first-order valence-corrected chi connectivity index (χ1v) is 10.2. The van der Waals surface area contributed by atoms with Gasteiger partial charge in [0.25, 0.3) is 0 Å². The van der Waals surface area contributed by atoms with Gasteiger partial charge in [0, 0.05) is 13.1 Å². The number of hydrogen-bond acceptors (Lipinski definition) is 5. The zero-order chi connectivity index (χ0) is 22.1. The van der Waals surface area contributed by atoms with E-state index in [-0.39, 0.29) is 18.2 Å². The van der Waals surface area contributed by atoms with Gasteiger partial charge in [0.15, 0.2) is 0 Å². The molecule has 1 aliphatic rings. The van der Waals surface area contributed by atoms with Crippen LogP contribution in [-0.2, 0) is 32.1 Å². The van der Waals surface area contributed by atoms with E-state index in [1.807, 2.05) is 60.7 Å². The quantitative estimate of drug-likeness (QED) is 0.522. The Morgan fingerprint density at radius 2 is 1.71 bits per heavy atom. The van der Waals surface area contributed by atoms with E-state index in [4.69, 9.17) is 9.47 Å². The van der Waals surface area contributed by atoms with Crippen molar-refractivity contribution < 1.29 is 23.9 Å². The Hall–Kier alpha value is -3.61. The molecule has 1 atom stereocenters. The minimum Gasteiger partial charge on any atom is -0.464 e. The first-order chi connectivity index (χ1) is 15.1. The van der Waals surface area contributed by atoms with Gasteiger partial charge in [-0.15, -0.1) is 0 Å². The van der Waals surface area contributed by atoms with Crippen molar-refractivity contribution in [2.24, 2.45) is 5.92 Å². The van der Waals surface area contributed by atoms with E-state index >= 15 is 0 Å². The van der Waals surface area contributed by atoms with Crippen LogP contribution in [-0.4, -0.2) is 43.1 Å². The van der Waals surface area contributed by atoms with E-state index in [1.54, 1.807) is 4.90 Å². The van der Waals surface area contributed by atoms with Gasteiger partial charge in [-0.25, -0.2) is 9.59 Å². The molecule has 0 aromatic heterocycles. The molecule has 0 bridgehead atoms. The molecular weight excluding hydrogens is 396 g/mol. The summed E-state index contributed by atoms with van der Waals surface area (Å²) in [5.41, 5.74) is 1.89. The summed E-state index contributed by atoms with van der Waals surface area (Å²) in [6.07, 6.45) is 2.00. The lowest BCUT2D eigenvalue weighted by Gasteiger charge is -2.16. The number of nitrogens with one attached hydrogen (secondary N) is 1. The van der Waals surface area contributed by atoms with E-state index in [0.717, 1.165) is 17.5 Å². The van der Waals surface area contributed by atoms with Crippen LogP contribution < -0.4 is 5.32 Å². The molecule has 1 saturated heterocycles. The Balaban J connectivity index is 1.58. The molecule has 2 amide bonds. The number of carbonyl (C=O) groups is 3. The van der Waals surface area contributed by atoms with Gasteiger partial charge in [-0.2, -0.15) is 0 Å². The monoisotopic (exact) mass is 422 g/mol. The van der Waals surface area contributed by atoms with Gasteiger partial charge in [0.1, 0.15) is 12.3 Å². The van der Waals surface area contributed by atoms with E-state index in [1.165, 1.54) is 13.2 Å². The predicted octanol–water partition coefficient (Wildman–Crippen LogP) is 3.06. The number of carbonyl (C=O) groups excluding carboxylic acids is 3. The number of methoxy groups -OCH3 is 1. The normalized spacial score (nSPS) is 16.2. The molecule has 7 heteroatoms. The second-order valence-corrected chi connectivity index (χ2v) is 7.21. The Morgan fingerprint density at radius 3 is 2.35 bits per heavy atom. The van der Waals surface area contributed by atoms with Gasteiger partial charge in [0.05, 0.1) is 13.0 Å². The molecule has 3 rings (SSSR count). The smallest absolute Gasteiger partial charge is 0.412 e. The summed E-state index contributed by atoms with van der Waals surface area (Å²) in [5, 5.41) is 2.41. The maximum absolute atomic E-state index is 12.8. The molecule has 1 heterocycles. The molecule has 0 spiro atoms. The summed E-state index contributed by atoms with van der Waals surface area (Å²) < 4.78 is 9.91. The van der Waals surface area contributed by atoms with Gasteiger partial charge in [-0.05, 0) is 30.0 Å². The zero-order valence-corrected chi connectivity index (χ0v) is 17.5. The topological polar surface area (TPSA) is 84.9 Å². The molecule has 0 aliphatic carbocycles. The fourth-order valence-corrected chi connectivity index (χ4v) is 3.39. The van der Waals surface area contributed by atoms with Crippen LogP contribution in [0.4, 0.5) is 4.79 Å². The SMILES string of the molecule is COC(=O)/C(=C\C1CCN(CCc2ccccc2)C1=O)NC(=O)OCc1ccccc1. The third-order valence-electron chi connectivity index (χ3n) is 5.07. The fourth-order valence-electron chi connectivity index (χ4n) is 3.39. The van der Waals surface area contributed by atoms with Crippen molar-refractivity contribution in [2.45, 2.75) is 19.4 Å². The number of rotatable bonds is 8. The van der Waals surface area contributed by atoms with Gasteiger partial charge < -0.3 is 14.4 Å². The number of esters is 1. The minimum atomic E-state index is -0.785. The van der Waals surface area contributed by atoms with Crippen LogP contribution in [0.3, 0.4) is 0 Å². The molecule has 162 valence electrons. The Bertz CT molecular complexity index is 928. The van der Waals surface area contributed by atoms with Crippen LogP contribution in [0.15, 0.2) is 72.4 Å². The Labute approximate surface area is 181 Å². The van der Waals surface area contributed by atoms with Crippen molar-refractivity contribution in [3.8, 4) is 0 Å². The van der Waals surface area contributed by atoms with Gasteiger partial charge >= 0.3 is 12.1 Å². The molecular formula is C24H26N2O5. The second-order valence-electron chi connectivity index (χ2n) is 7.21. The van der Waals surface area contributed by atoms with E-state index in [9.17, 15) is 14.4 Å². The van der Waals surface area contributed by atoms with Crippen molar-refractivity contribution >= 4 is 18.0 Å². The van der Waals surface area contributed by atoms with Crippen molar-refractivity contribution in [3.05, 3.63) is 83.6 Å². The van der Waals surface area contributed by atoms with E-state index in [0.29, 0.717) is 19.5 Å². The lowest BCUT2D eigenvalue weighted by atomic mass is 10.1. The molecule has 0 saturated carbocycles. The van der Waals surface area contributed by atoms with Crippen LogP contribution >= 0.6 is 0 Å². The maximum atomic E-state index is 12.8. The summed E-state index contributed by atoms with van der Waals surface area (Å²) in [6.45, 7) is 1.27. The maximum Gasteiger partial charge on any atom is 0.412 e. The summed E-state index contributed by atoms with van der Waals surface area (Å²) in [7, 11) is 1.22. The molecule has 31 heavy (non-hydrogen) atoms. The summed E-state index contributed by atoms with van der Waals surface area (Å²) in [4.78, 5) is 38.8. The van der Waals surface area contributed by atoms with Gasteiger partial charge in [0.2, 0.25) is 5.91 Å². The number of alkyl carbamates (subject to hydrolysis) is 1. The molecule has 2 aromatic carbocycles. The molecule has 7 nitrogen and oxygen atoms in total. The van der Waals surface area contributed by atoms with Crippen LogP contribution in [0.1, 0.15) is 17.5 Å². The molecule has 1 unspecified atom stereocenters. The van der Waals surface area contributed by atoms with Crippen molar-refractivity contribution in [3.63, 3.8) is 0 Å². The van der Waals surface area contributed by atoms with Crippen molar-refractivity contribution in [1.82, 2.24) is 10.2 Å². The summed E-state index contributed by atoms with van der Waals surface area (Å²) in [5.74, 6) is -1.30. The third-order valence-corrected chi connectivity index (χ3v) is 5.07. The van der Waals surface area contributed by atoms with Gasteiger partial charge in [-0.3, -0.25) is 10.1 Å². The third kappa shape index (κ3) is 6.44. The molecule has 0 radical (unpaired) electrons. The van der Waals surface area contributed by atoms with Crippen LogP contribution in [0.25, 0.3) is 0 Å². The highest BCUT2D eigenvalue weighted by Gasteiger charge is 2.31. The highest BCUT2D eigenvalue weighted by molar-refractivity contribution is 5.93. The van der Waals surface area contributed by atoms with E-state index in [2.05, 4.69) is 5.32 Å². The zero-order valence-electron chi connectivity index (χ0n) is 17.5. The molecule has 1 aliphatic heterocycles. The largest absolute Gasteiger partial charge is 0.464 e. The Kier molecular flexibility index (Phi) is 7.81. The number of ether oxygens (including phenoxy) is 2. The average molecular weight is 422 g/mol. The van der Waals surface area contributed by atoms with E-state index < -0.39 is 18.0 Å². The highest BCUT2D eigenvalue weighted by atomic mass is 16.6. The van der Waals surface area contributed by atoms with Crippen molar-refractivity contribution in [2.75, 3.05) is 20.2 Å². The van der Waals surface area contributed by atoms with Crippen molar-refractivity contribution in [1.29, 1.82) is 0 Å². The number of amides is 2. The lowest BCUT2D eigenvalue weighted by molar-refractivity contribution is -0.136. The minimum absolute atomic E-state index is 0.0662. The molecule has 1 N–H and O–H groups in total. The fraction of sp³-hybridized carbons (Fsp3) is 0.292. The number of hydrogen-bond donors (Lipinski definition) is 1. The first kappa shape index (κ1) is 22.1. The lowest BCUT2D eigenvalue weighted by Crippen LogP contribution is -2.31. The number of nitrogens with zero attached hydrogens (tertiary/aromatic N) is 1. The summed E-state index contributed by atoms with van der Waals surface area (Å²) >= 11 is 0. The number of likely N-dealkylation sites (tertiary alicyclic amines) is 1. The van der Waals surface area contributed by atoms with Crippen LogP contribution in [0.5, 0.6) is 0 Å². The average Bonchev–Trinajstić information content (AvgIpc) is 3.15. The van der Waals surface area contributed by atoms with Crippen LogP contribution in [0.2, 0.25) is 0 Å². The standard InChI is InChI=1S/C24H26N2O5/c1-30-23(28)21(25-24(29)31-17-19-10-6-3-7-11-19)16-20-13-15-26(22(20)27)14-12-18-8-4-2-5-9-18/h2-11,16,20H,12-15,17H2,1H3,(H,25,29)/b21-16+. The predicted molar refractivity (Wildman–Crippen MR) is 115 cm³/mol. The summed E-state index contributed by atoms with van der Waals surface area (Å²) in [6, 6.07) is 19.1. The molecule has 1 fully saturated rings. The van der Waals surface area contributed by atoms with Crippen LogP contribution in [0, 0.1) is 5.92 Å². The second kappa shape index (κ2) is 11.0.